The molecule has 1 aromatic heterocycles. The van der Waals surface area contributed by atoms with Crippen molar-refractivity contribution in [2.45, 2.75) is 40.3 Å². The lowest BCUT2D eigenvalue weighted by Gasteiger charge is -2.27. The average Bonchev–Trinajstić information content (AvgIpc) is 3.01. The first kappa shape index (κ1) is 20.2. The van der Waals surface area contributed by atoms with E-state index in [9.17, 15) is 4.79 Å². The predicted octanol–water partition coefficient (Wildman–Crippen LogP) is 4.19. The Balaban J connectivity index is 1.79. The standard InChI is InChI=1S/C23H30N2O3/c1-6-25(13-16(2)3)23(26)22-17(4)28-21-11-12-24(15-20(21)22)14-18-7-9-19(27-5)10-8-18/h7-10H,2,6,11-15H2,1,3-5H3. The van der Waals surface area contributed by atoms with Crippen molar-refractivity contribution in [1.82, 2.24) is 9.80 Å². The fourth-order valence-corrected chi connectivity index (χ4v) is 3.80. The van der Waals surface area contributed by atoms with Crippen LogP contribution in [0.5, 0.6) is 5.75 Å². The van der Waals surface area contributed by atoms with E-state index in [1.807, 2.05) is 37.8 Å². The van der Waals surface area contributed by atoms with E-state index in [1.165, 1.54) is 5.56 Å². The van der Waals surface area contributed by atoms with Gasteiger partial charge in [-0.25, -0.2) is 0 Å². The van der Waals surface area contributed by atoms with Gasteiger partial charge in [0.05, 0.1) is 12.7 Å². The van der Waals surface area contributed by atoms with Gasteiger partial charge in [-0.05, 0) is 38.5 Å². The molecule has 5 nitrogen and oxygen atoms in total. The summed E-state index contributed by atoms with van der Waals surface area (Å²) >= 11 is 0. The number of amides is 1. The molecular formula is C23H30N2O3. The lowest BCUT2D eigenvalue weighted by Crippen LogP contribution is -2.35. The van der Waals surface area contributed by atoms with E-state index in [0.29, 0.717) is 13.1 Å². The van der Waals surface area contributed by atoms with Crippen LogP contribution in [-0.2, 0) is 19.5 Å². The molecule has 0 saturated carbocycles. The summed E-state index contributed by atoms with van der Waals surface area (Å²) in [5.41, 5.74) is 3.99. The highest BCUT2D eigenvalue weighted by Gasteiger charge is 2.30. The molecule has 0 N–H and O–H groups in total. The van der Waals surface area contributed by atoms with Gasteiger partial charge in [-0.1, -0.05) is 24.3 Å². The lowest BCUT2D eigenvalue weighted by molar-refractivity contribution is 0.0774. The Bertz CT molecular complexity index is 851. The van der Waals surface area contributed by atoms with Gasteiger partial charge < -0.3 is 14.1 Å². The highest BCUT2D eigenvalue weighted by Crippen LogP contribution is 2.30. The first-order chi connectivity index (χ1) is 13.4. The Morgan fingerprint density at radius 1 is 1.32 bits per heavy atom. The van der Waals surface area contributed by atoms with E-state index in [0.717, 1.165) is 60.0 Å². The molecule has 3 rings (SSSR count). The zero-order chi connectivity index (χ0) is 20.3. The van der Waals surface area contributed by atoms with Crippen LogP contribution in [0, 0.1) is 6.92 Å². The largest absolute Gasteiger partial charge is 0.497 e. The highest BCUT2D eigenvalue weighted by molar-refractivity contribution is 5.97. The van der Waals surface area contributed by atoms with E-state index in [4.69, 9.17) is 9.15 Å². The van der Waals surface area contributed by atoms with E-state index in [-0.39, 0.29) is 5.91 Å². The molecule has 0 unspecified atom stereocenters. The van der Waals surface area contributed by atoms with Gasteiger partial charge in [0.25, 0.3) is 5.91 Å². The maximum absolute atomic E-state index is 13.2. The maximum atomic E-state index is 13.2. The maximum Gasteiger partial charge on any atom is 0.258 e. The number of aryl methyl sites for hydroxylation is 1. The van der Waals surface area contributed by atoms with Gasteiger partial charge in [-0.15, -0.1) is 0 Å². The van der Waals surface area contributed by atoms with E-state index >= 15 is 0 Å². The third-order valence-electron chi connectivity index (χ3n) is 5.21. The molecule has 2 heterocycles. The van der Waals surface area contributed by atoms with Crippen molar-refractivity contribution in [3.05, 3.63) is 64.6 Å². The summed E-state index contributed by atoms with van der Waals surface area (Å²) in [6.07, 6.45) is 0.826. The van der Waals surface area contributed by atoms with Gasteiger partial charge in [0.15, 0.2) is 0 Å². The topological polar surface area (TPSA) is 45.9 Å². The molecular weight excluding hydrogens is 352 g/mol. The van der Waals surface area contributed by atoms with Crippen molar-refractivity contribution >= 4 is 5.91 Å². The molecule has 0 fully saturated rings. The van der Waals surface area contributed by atoms with Crippen LogP contribution < -0.4 is 4.74 Å². The van der Waals surface area contributed by atoms with Crippen LogP contribution in [0.4, 0.5) is 0 Å². The Labute approximate surface area is 167 Å². The fraction of sp³-hybridized carbons (Fsp3) is 0.435. The van der Waals surface area contributed by atoms with Gasteiger partial charge in [0.1, 0.15) is 17.3 Å². The summed E-state index contributed by atoms with van der Waals surface area (Å²) < 4.78 is 11.2. The van der Waals surface area contributed by atoms with E-state index in [1.54, 1.807) is 7.11 Å². The quantitative estimate of drug-likeness (QED) is 0.674. The third kappa shape index (κ3) is 4.30. The molecule has 5 heteroatoms. The summed E-state index contributed by atoms with van der Waals surface area (Å²) in [5.74, 6) is 2.58. The zero-order valence-corrected chi connectivity index (χ0v) is 17.4. The minimum atomic E-state index is 0.0410. The van der Waals surface area contributed by atoms with Crippen molar-refractivity contribution in [1.29, 1.82) is 0 Å². The van der Waals surface area contributed by atoms with Gasteiger partial charge in [0, 0.05) is 44.7 Å². The van der Waals surface area contributed by atoms with Crippen LogP contribution in [0.1, 0.15) is 46.9 Å². The van der Waals surface area contributed by atoms with Crippen LogP contribution in [0.15, 0.2) is 40.8 Å². The molecule has 0 radical (unpaired) electrons. The summed E-state index contributed by atoms with van der Waals surface area (Å²) in [5, 5.41) is 0. The second kappa shape index (κ2) is 8.65. The van der Waals surface area contributed by atoms with Gasteiger partial charge >= 0.3 is 0 Å². The minimum absolute atomic E-state index is 0.0410. The number of furan rings is 1. The number of hydrogen-bond acceptors (Lipinski definition) is 4. The monoisotopic (exact) mass is 382 g/mol. The van der Waals surface area contributed by atoms with Crippen molar-refractivity contribution < 1.29 is 13.9 Å². The van der Waals surface area contributed by atoms with Crippen LogP contribution in [0.2, 0.25) is 0 Å². The Kier molecular flexibility index (Phi) is 6.25. The third-order valence-corrected chi connectivity index (χ3v) is 5.21. The van der Waals surface area contributed by atoms with Gasteiger partial charge in [0.2, 0.25) is 0 Å². The Morgan fingerprint density at radius 2 is 2.04 bits per heavy atom. The molecule has 1 aliphatic heterocycles. The predicted molar refractivity (Wildman–Crippen MR) is 111 cm³/mol. The van der Waals surface area contributed by atoms with Crippen molar-refractivity contribution in [3.63, 3.8) is 0 Å². The molecule has 1 aliphatic rings. The summed E-state index contributed by atoms with van der Waals surface area (Å²) in [6, 6.07) is 8.15. The number of carbonyl (C=O) groups excluding carboxylic acids is 1. The Morgan fingerprint density at radius 3 is 2.64 bits per heavy atom. The number of hydrogen-bond donors (Lipinski definition) is 0. The molecule has 1 amide bonds. The molecule has 28 heavy (non-hydrogen) atoms. The number of benzene rings is 1. The van der Waals surface area contributed by atoms with Crippen molar-refractivity contribution in [2.24, 2.45) is 0 Å². The summed E-state index contributed by atoms with van der Waals surface area (Å²) in [7, 11) is 1.67. The van der Waals surface area contributed by atoms with Crippen molar-refractivity contribution in [2.75, 3.05) is 26.7 Å². The molecule has 2 aromatic rings. The van der Waals surface area contributed by atoms with Gasteiger partial charge in [-0.2, -0.15) is 0 Å². The summed E-state index contributed by atoms with van der Waals surface area (Å²) in [6.45, 7) is 13.5. The lowest BCUT2D eigenvalue weighted by atomic mass is 10.0. The van der Waals surface area contributed by atoms with E-state index < -0.39 is 0 Å². The molecule has 0 spiro atoms. The Hall–Kier alpha value is -2.53. The number of ether oxygens (including phenoxy) is 1. The number of carbonyl (C=O) groups is 1. The molecule has 150 valence electrons. The fourth-order valence-electron chi connectivity index (χ4n) is 3.80. The first-order valence-corrected chi connectivity index (χ1v) is 9.83. The minimum Gasteiger partial charge on any atom is -0.497 e. The average molecular weight is 383 g/mol. The number of rotatable bonds is 7. The van der Waals surface area contributed by atoms with Crippen LogP contribution in [0.3, 0.4) is 0 Å². The second-order valence-corrected chi connectivity index (χ2v) is 7.52. The van der Waals surface area contributed by atoms with E-state index in [2.05, 4.69) is 23.6 Å². The normalized spacial score (nSPS) is 13.9. The summed E-state index contributed by atoms with van der Waals surface area (Å²) in [4.78, 5) is 17.4. The van der Waals surface area contributed by atoms with Gasteiger partial charge in [-0.3, -0.25) is 9.69 Å². The van der Waals surface area contributed by atoms with Crippen molar-refractivity contribution in [3.8, 4) is 5.75 Å². The number of methoxy groups -OCH3 is 1. The highest BCUT2D eigenvalue weighted by atomic mass is 16.5. The second-order valence-electron chi connectivity index (χ2n) is 7.52. The number of nitrogens with zero attached hydrogens (tertiary/aromatic N) is 2. The SMILES string of the molecule is C=C(C)CN(CC)C(=O)c1c(C)oc2c1CN(Cc1ccc(OC)cc1)CC2. The van der Waals surface area contributed by atoms with Crippen LogP contribution >= 0.6 is 0 Å². The number of likely N-dealkylation sites (N-methyl/N-ethyl adjacent to an activating group) is 1. The smallest absolute Gasteiger partial charge is 0.258 e. The molecule has 0 bridgehead atoms. The first-order valence-electron chi connectivity index (χ1n) is 9.83. The van der Waals surface area contributed by atoms with Crippen LogP contribution in [-0.4, -0.2) is 42.5 Å². The van der Waals surface area contributed by atoms with Crippen LogP contribution in [0.25, 0.3) is 0 Å². The molecule has 0 atom stereocenters. The molecule has 1 aromatic carbocycles. The molecule has 0 saturated heterocycles. The zero-order valence-electron chi connectivity index (χ0n) is 17.4. The molecule has 0 aliphatic carbocycles. The number of fused-ring (bicyclic) bond motifs is 1.